The van der Waals surface area contributed by atoms with Gasteiger partial charge in [-0.1, -0.05) is 5.16 Å². The number of unbranched alkanes of at least 4 members (excludes halogenated alkanes) is 1. The van der Waals surface area contributed by atoms with Gasteiger partial charge in [0.15, 0.2) is 0 Å². The van der Waals surface area contributed by atoms with Crippen molar-refractivity contribution in [3.63, 3.8) is 0 Å². The number of fused-ring (bicyclic) bond motifs is 3. The molecule has 3 rings (SSSR count). The SMILES string of the molecule is C#CCCCON=C1C[C@@H](O)[C@@H](O)[C@@H]2[C@@H]3C(=O)N(C(C)(C)C)C(=O)[C@@H]3CC[C@H]12. The third-order valence-corrected chi connectivity index (χ3v) is 6.19. The molecular weight excluding hydrogens is 360 g/mol. The van der Waals surface area contributed by atoms with Crippen LogP contribution in [-0.2, 0) is 14.4 Å². The maximum atomic E-state index is 13.2. The summed E-state index contributed by atoms with van der Waals surface area (Å²) < 4.78 is 0. The Hall–Kier alpha value is -1.91. The summed E-state index contributed by atoms with van der Waals surface area (Å²) in [4.78, 5) is 32.8. The second-order valence-corrected chi connectivity index (χ2v) is 9.06. The number of hydrogen-bond acceptors (Lipinski definition) is 6. The lowest BCUT2D eigenvalue weighted by Crippen LogP contribution is -2.55. The van der Waals surface area contributed by atoms with Gasteiger partial charge in [-0.15, -0.1) is 12.3 Å². The summed E-state index contributed by atoms with van der Waals surface area (Å²) in [5.41, 5.74) is 0.0486. The molecule has 0 aromatic rings. The molecule has 0 bridgehead atoms. The quantitative estimate of drug-likeness (QED) is 0.326. The molecule has 2 N–H and O–H groups in total. The van der Waals surface area contributed by atoms with Crippen molar-refractivity contribution in [2.45, 2.75) is 70.6 Å². The first-order valence-electron chi connectivity index (χ1n) is 10.0. The van der Waals surface area contributed by atoms with E-state index in [1.807, 2.05) is 20.8 Å². The Kier molecular flexibility index (Phi) is 5.83. The Morgan fingerprint density at radius 2 is 1.89 bits per heavy atom. The number of aliphatic hydroxyl groups is 2. The van der Waals surface area contributed by atoms with Crippen LogP contribution in [0.1, 0.15) is 52.9 Å². The molecule has 3 fully saturated rings. The van der Waals surface area contributed by atoms with Crippen molar-refractivity contribution >= 4 is 17.5 Å². The van der Waals surface area contributed by atoms with E-state index in [4.69, 9.17) is 11.3 Å². The summed E-state index contributed by atoms with van der Waals surface area (Å²) >= 11 is 0. The highest BCUT2D eigenvalue weighted by atomic mass is 16.6. The molecule has 3 aliphatic rings. The molecule has 0 aromatic heterocycles. The van der Waals surface area contributed by atoms with Crippen LogP contribution in [-0.4, -0.2) is 57.0 Å². The lowest BCUT2D eigenvalue weighted by Gasteiger charge is -2.45. The predicted molar refractivity (Wildman–Crippen MR) is 103 cm³/mol. The zero-order valence-corrected chi connectivity index (χ0v) is 16.8. The molecule has 2 amide bonds. The summed E-state index contributed by atoms with van der Waals surface area (Å²) in [5.74, 6) is 0.352. The molecule has 2 saturated carbocycles. The second kappa shape index (κ2) is 7.84. The van der Waals surface area contributed by atoms with E-state index in [0.29, 0.717) is 38.0 Å². The summed E-state index contributed by atoms with van der Waals surface area (Å²) in [6, 6.07) is 0. The van der Waals surface area contributed by atoms with Crippen LogP contribution in [0.5, 0.6) is 0 Å². The number of carbonyl (C=O) groups is 2. The van der Waals surface area contributed by atoms with E-state index in [1.165, 1.54) is 4.90 Å². The number of oxime groups is 1. The van der Waals surface area contributed by atoms with Crippen LogP contribution < -0.4 is 0 Å². The molecule has 7 heteroatoms. The fraction of sp³-hybridized carbons (Fsp3) is 0.762. The van der Waals surface area contributed by atoms with Crippen LogP contribution in [0.3, 0.4) is 0 Å². The highest BCUT2D eigenvalue weighted by molar-refractivity contribution is 6.06. The van der Waals surface area contributed by atoms with Gasteiger partial charge in [-0.25, -0.2) is 0 Å². The van der Waals surface area contributed by atoms with E-state index in [1.54, 1.807) is 0 Å². The van der Waals surface area contributed by atoms with E-state index >= 15 is 0 Å². The summed E-state index contributed by atoms with van der Waals surface area (Å²) in [5, 5.41) is 25.3. The molecule has 0 spiro atoms. The normalized spacial score (nSPS) is 36.9. The van der Waals surface area contributed by atoms with Gasteiger partial charge >= 0.3 is 0 Å². The van der Waals surface area contributed by atoms with Gasteiger partial charge in [0, 0.05) is 30.2 Å². The molecule has 1 saturated heterocycles. The third-order valence-electron chi connectivity index (χ3n) is 6.19. The van der Waals surface area contributed by atoms with Crippen LogP contribution in [0.4, 0.5) is 0 Å². The molecule has 1 heterocycles. The van der Waals surface area contributed by atoms with Gasteiger partial charge in [-0.05, 0) is 40.0 Å². The molecule has 7 nitrogen and oxygen atoms in total. The van der Waals surface area contributed by atoms with Gasteiger partial charge in [0.25, 0.3) is 0 Å². The molecular formula is C21H30N2O5. The van der Waals surface area contributed by atoms with E-state index in [0.717, 1.165) is 0 Å². The van der Waals surface area contributed by atoms with Crippen molar-refractivity contribution in [3.8, 4) is 12.3 Å². The van der Waals surface area contributed by atoms with Gasteiger partial charge < -0.3 is 15.1 Å². The average Bonchev–Trinajstić information content (AvgIpc) is 2.89. The van der Waals surface area contributed by atoms with Crippen molar-refractivity contribution in [2.75, 3.05) is 6.61 Å². The first kappa shape index (κ1) is 20.8. The Balaban J connectivity index is 1.85. The van der Waals surface area contributed by atoms with E-state index in [2.05, 4.69) is 11.1 Å². The Labute approximate surface area is 166 Å². The summed E-state index contributed by atoms with van der Waals surface area (Å²) in [7, 11) is 0. The number of likely N-dealkylation sites (tertiary alicyclic amines) is 1. The number of carbonyl (C=O) groups excluding carboxylic acids is 2. The zero-order valence-electron chi connectivity index (χ0n) is 16.8. The number of nitrogens with zero attached hydrogens (tertiary/aromatic N) is 2. The monoisotopic (exact) mass is 390 g/mol. The van der Waals surface area contributed by atoms with Gasteiger partial charge in [-0.2, -0.15) is 0 Å². The van der Waals surface area contributed by atoms with Gasteiger partial charge in [0.05, 0.1) is 29.8 Å². The maximum absolute atomic E-state index is 13.2. The predicted octanol–water partition coefficient (Wildman–Crippen LogP) is 1.32. The number of aliphatic hydroxyl groups excluding tert-OH is 2. The maximum Gasteiger partial charge on any atom is 0.233 e. The van der Waals surface area contributed by atoms with E-state index in [9.17, 15) is 19.8 Å². The highest BCUT2D eigenvalue weighted by Gasteiger charge is 2.61. The van der Waals surface area contributed by atoms with Gasteiger partial charge in [0.1, 0.15) is 6.61 Å². The molecule has 154 valence electrons. The van der Waals surface area contributed by atoms with Crippen LogP contribution in [0, 0.1) is 36.0 Å². The number of amides is 2. The Morgan fingerprint density at radius 3 is 2.54 bits per heavy atom. The number of rotatable bonds is 4. The number of imide groups is 1. The van der Waals surface area contributed by atoms with Crippen molar-refractivity contribution in [3.05, 3.63) is 0 Å². The molecule has 28 heavy (non-hydrogen) atoms. The van der Waals surface area contributed by atoms with Crippen molar-refractivity contribution in [1.82, 2.24) is 4.90 Å². The summed E-state index contributed by atoms with van der Waals surface area (Å²) in [6.45, 7) is 5.88. The largest absolute Gasteiger partial charge is 0.396 e. The van der Waals surface area contributed by atoms with Crippen LogP contribution >= 0.6 is 0 Å². The minimum atomic E-state index is -1.06. The standard InChI is InChI=1S/C21H30N2O5/c1-5-6-7-10-28-22-14-11-15(24)18(25)16-12(14)8-9-13-17(16)20(27)23(19(13)26)21(2,3)4/h1,12-13,15-18,24-25H,6-11H2,2-4H3/t12-,13-,15-,16+,17-,18-/m1/s1. The fourth-order valence-electron chi connectivity index (χ4n) is 5.00. The Morgan fingerprint density at radius 1 is 1.21 bits per heavy atom. The molecule has 0 aromatic carbocycles. The van der Waals surface area contributed by atoms with E-state index < -0.39 is 35.5 Å². The minimum absolute atomic E-state index is 0.169. The van der Waals surface area contributed by atoms with Crippen molar-refractivity contribution < 1.29 is 24.6 Å². The zero-order chi connectivity index (χ0) is 20.6. The van der Waals surface area contributed by atoms with Gasteiger partial charge in [-0.3, -0.25) is 14.5 Å². The molecule has 0 radical (unpaired) electrons. The number of hydrogen-bond donors (Lipinski definition) is 2. The Bertz CT molecular complexity index is 705. The van der Waals surface area contributed by atoms with Crippen molar-refractivity contribution in [1.29, 1.82) is 0 Å². The topological polar surface area (TPSA) is 99.4 Å². The number of terminal acetylenes is 1. The van der Waals surface area contributed by atoms with Crippen LogP contribution in [0.2, 0.25) is 0 Å². The smallest absolute Gasteiger partial charge is 0.233 e. The fourth-order valence-corrected chi connectivity index (χ4v) is 5.00. The first-order valence-corrected chi connectivity index (χ1v) is 10.0. The molecule has 2 aliphatic carbocycles. The second-order valence-electron chi connectivity index (χ2n) is 9.06. The van der Waals surface area contributed by atoms with Crippen molar-refractivity contribution in [2.24, 2.45) is 28.8 Å². The molecule has 1 aliphatic heterocycles. The van der Waals surface area contributed by atoms with Crippen LogP contribution in [0.25, 0.3) is 0 Å². The summed E-state index contributed by atoms with van der Waals surface area (Å²) in [6.07, 6.45) is 5.84. The van der Waals surface area contributed by atoms with Gasteiger partial charge in [0.2, 0.25) is 11.8 Å². The highest BCUT2D eigenvalue weighted by Crippen LogP contribution is 2.50. The minimum Gasteiger partial charge on any atom is -0.396 e. The average molecular weight is 390 g/mol. The van der Waals surface area contributed by atoms with E-state index in [-0.39, 0.29) is 24.2 Å². The molecule has 0 unspecified atom stereocenters. The lowest BCUT2D eigenvalue weighted by atomic mass is 9.60. The van der Waals surface area contributed by atoms with Crippen LogP contribution in [0.15, 0.2) is 5.16 Å². The first-order chi connectivity index (χ1) is 13.2. The third kappa shape index (κ3) is 3.56. The molecule has 6 atom stereocenters. The lowest BCUT2D eigenvalue weighted by molar-refractivity contribution is -0.146.